The largest absolute Gasteiger partial charge is 0.390 e. The molecule has 78 heavy (non-hydrogen) atoms. The highest BCUT2D eigenvalue weighted by molar-refractivity contribution is 5.92. The summed E-state index contributed by atoms with van der Waals surface area (Å²) in [5.74, 6) is 2.59. The first-order chi connectivity index (χ1) is 35.4. The van der Waals surface area contributed by atoms with Crippen molar-refractivity contribution in [1.29, 1.82) is 0 Å². The van der Waals surface area contributed by atoms with E-state index in [4.69, 9.17) is 9.57 Å². The van der Waals surface area contributed by atoms with Crippen molar-refractivity contribution in [2.24, 2.45) is 44.6 Å². The average Bonchev–Trinajstić information content (AvgIpc) is 3.55. The molecule has 0 radical (unpaired) electrons. The van der Waals surface area contributed by atoms with E-state index in [9.17, 15) is 4.79 Å². The van der Waals surface area contributed by atoms with Gasteiger partial charge in [-0.15, -0.1) is 10.2 Å². The molecular formula is C65H110FN9O3. The Hall–Kier alpha value is -3.81. The molecule has 0 saturated heterocycles. The summed E-state index contributed by atoms with van der Waals surface area (Å²) in [6.45, 7) is 52.8. The van der Waals surface area contributed by atoms with Crippen molar-refractivity contribution >= 4 is 17.6 Å². The van der Waals surface area contributed by atoms with Crippen molar-refractivity contribution in [3.8, 4) is 0 Å². The first-order valence-electron chi connectivity index (χ1n) is 29.6. The lowest BCUT2D eigenvalue weighted by Gasteiger charge is -2.48. The number of ether oxygens (including phenoxy) is 1. The van der Waals surface area contributed by atoms with Gasteiger partial charge in [0.05, 0.1) is 46.4 Å². The number of carbonyl (C=O) groups excluding carboxylic acids is 1. The molecule has 4 aliphatic carbocycles. The molecule has 12 nitrogen and oxygen atoms in total. The van der Waals surface area contributed by atoms with E-state index in [-0.39, 0.29) is 56.4 Å². The van der Waals surface area contributed by atoms with Crippen LogP contribution < -0.4 is 0 Å². The maximum atomic E-state index is 15.8. The van der Waals surface area contributed by atoms with Crippen LogP contribution in [0.15, 0.2) is 35.0 Å². The lowest BCUT2D eigenvalue weighted by Crippen LogP contribution is -2.54. The Morgan fingerprint density at radius 3 is 1.79 bits per heavy atom. The van der Waals surface area contributed by atoms with E-state index in [0.29, 0.717) is 18.4 Å². The Balaban J connectivity index is 0.000000197. The average molecular weight is 1080 g/mol. The molecule has 6 atom stereocenters. The Morgan fingerprint density at radius 1 is 0.705 bits per heavy atom. The number of hydrogen-bond acceptors (Lipinski definition) is 10. The summed E-state index contributed by atoms with van der Waals surface area (Å²) in [6, 6.07) is 9.52. The standard InChI is InChI=1S/C21H32N2.C18H31N3O.C17H28FN3O.C9H19NO/c1-20(2,3)18-15-12-10-9-11-14(15)17-16(18)13-22(7)23(8)19(17)21(4,5)6;1-17(2,3)21-16-10-8-13-12(7-9-15(16)19-20-21)14(13)11-22-18(4,5)6;1-15(2,3)14(22)17(18)11-9-7-8-10-12-13(17)19-20-21(12)16(4,5)6;1-8(2,3)7-10-11-9(4,5)6/h9-12,18-19H,13H2,1-8H3;12-14H,7-11H2,1-6H3;7-11H2,1-6H3;7H,1-6H3/b;;;10-7+/t;12?,13?,14-;;/m.0../s1. The third kappa shape index (κ3) is 16.2. The molecule has 0 N–H and O–H groups in total. The number of aromatic nitrogens is 6. The van der Waals surface area contributed by atoms with Gasteiger partial charge in [-0.25, -0.2) is 23.8 Å². The zero-order chi connectivity index (χ0) is 59.2. The van der Waals surface area contributed by atoms with Gasteiger partial charge in [-0.3, -0.25) is 4.79 Å². The molecule has 3 aromatic rings. The molecule has 2 aromatic heterocycles. The van der Waals surface area contributed by atoms with Crippen molar-refractivity contribution in [3.63, 3.8) is 0 Å². The SMILES string of the molecule is CC(C)(C)/C=N/OC(C)(C)C.CC(C)(C)C(=O)C1(F)CCCCCc2c1nnn2C(C)(C)C.CC(C)(C)OC[C@H]1C2CCc3nnn(C(C)(C)C)c3CCC21.CN1CC2=C(c3ccccc3C2C(C)(C)C)C(C(C)(C)C)N1C. The van der Waals surface area contributed by atoms with Crippen LogP contribution in [0.2, 0.25) is 0 Å². The molecule has 1 aliphatic heterocycles. The van der Waals surface area contributed by atoms with E-state index in [1.807, 2.05) is 47.8 Å². The van der Waals surface area contributed by atoms with Gasteiger partial charge in [0.15, 0.2) is 5.78 Å². The number of ketones is 1. The van der Waals surface area contributed by atoms with Crippen LogP contribution in [0, 0.1) is 39.4 Å². The lowest BCUT2D eigenvalue weighted by atomic mass is 9.73. The van der Waals surface area contributed by atoms with Crippen molar-refractivity contribution in [3.05, 3.63) is 63.7 Å². The van der Waals surface area contributed by atoms with E-state index in [2.05, 4.69) is 183 Å². The number of aryl methyl sites for hydroxylation is 1. The van der Waals surface area contributed by atoms with Crippen LogP contribution in [0.4, 0.5) is 4.39 Å². The molecule has 1 fully saturated rings. The highest BCUT2D eigenvalue weighted by Crippen LogP contribution is 2.56. The Morgan fingerprint density at radius 2 is 1.27 bits per heavy atom. The quantitative estimate of drug-likeness (QED) is 0.186. The van der Waals surface area contributed by atoms with Crippen LogP contribution in [-0.4, -0.2) is 96.5 Å². The highest BCUT2D eigenvalue weighted by Gasteiger charge is 2.52. The van der Waals surface area contributed by atoms with Crippen molar-refractivity contribution in [2.75, 3.05) is 27.2 Å². The minimum atomic E-state index is -2.02. The van der Waals surface area contributed by atoms with Gasteiger partial charge in [-0.05, 0) is 185 Å². The van der Waals surface area contributed by atoms with Crippen molar-refractivity contribution in [1.82, 2.24) is 40.0 Å². The summed E-state index contributed by atoms with van der Waals surface area (Å²) in [4.78, 5) is 18.0. The number of halogens is 1. The number of carbonyl (C=O) groups is 1. The molecule has 0 amide bonds. The van der Waals surface area contributed by atoms with Gasteiger partial charge in [-0.2, -0.15) is 0 Å². The number of benzene rings is 1. The fourth-order valence-corrected chi connectivity index (χ4v) is 12.1. The van der Waals surface area contributed by atoms with Crippen LogP contribution in [0.3, 0.4) is 0 Å². The maximum absolute atomic E-state index is 15.8. The normalized spacial score (nSPS) is 24.5. The minimum absolute atomic E-state index is 0.0187. The van der Waals surface area contributed by atoms with Crippen LogP contribution in [-0.2, 0) is 50.4 Å². The van der Waals surface area contributed by atoms with Gasteiger partial charge in [0.25, 0.3) is 0 Å². The van der Waals surface area contributed by atoms with Gasteiger partial charge >= 0.3 is 0 Å². The first kappa shape index (κ1) is 65.0. The molecule has 1 aromatic carbocycles. The maximum Gasteiger partial charge on any atom is 0.214 e. The van der Waals surface area contributed by atoms with Gasteiger partial charge in [0.2, 0.25) is 5.67 Å². The van der Waals surface area contributed by atoms with E-state index in [1.165, 1.54) is 35.4 Å². The molecule has 0 spiro atoms. The minimum Gasteiger partial charge on any atom is -0.390 e. The van der Waals surface area contributed by atoms with Crippen LogP contribution in [0.5, 0.6) is 0 Å². The smallest absolute Gasteiger partial charge is 0.214 e. The number of fused-ring (bicyclic) bond motifs is 5. The molecule has 440 valence electrons. The monoisotopic (exact) mass is 1080 g/mol. The van der Waals surface area contributed by atoms with Crippen LogP contribution in [0.25, 0.3) is 5.57 Å². The molecule has 5 aliphatic rings. The second-order valence-corrected chi connectivity index (χ2v) is 31.8. The Kier molecular flexibility index (Phi) is 19.6. The summed E-state index contributed by atoms with van der Waals surface area (Å²) in [5, 5.41) is 25.9. The topological polar surface area (TPSA) is 116 Å². The predicted molar refractivity (Wildman–Crippen MR) is 320 cm³/mol. The summed E-state index contributed by atoms with van der Waals surface area (Å²) in [6.07, 6.45) is 10.1. The van der Waals surface area contributed by atoms with E-state index >= 15 is 4.39 Å². The Bertz CT molecular complexity index is 2550. The highest BCUT2D eigenvalue weighted by atomic mass is 19.1. The molecule has 0 bridgehead atoms. The fraction of sp³-hybridized carbons (Fsp3) is 0.785. The molecule has 1 saturated carbocycles. The molecule has 5 unspecified atom stereocenters. The van der Waals surface area contributed by atoms with E-state index in [0.717, 1.165) is 68.7 Å². The third-order valence-corrected chi connectivity index (χ3v) is 15.7. The second kappa shape index (κ2) is 23.6. The number of alkyl halides is 1. The number of hydrazine groups is 1. The van der Waals surface area contributed by atoms with Gasteiger partial charge in [0, 0.05) is 43.6 Å². The summed E-state index contributed by atoms with van der Waals surface area (Å²) in [5.41, 5.74) is 7.23. The summed E-state index contributed by atoms with van der Waals surface area (Å²) in [7, 11) is 4.47. The van der Waals surface area contributed by atoms with E-state index in [1.54, 1.807) is 36.6 Å². The molecular weight excluding hydrogens is 974 g/mol. The van der Waals surface area contributed by atoms with Gasteiger partial charge < -0.3 is 9.57 Å². The van der Waals surface area contributed by atoms with Gasteiger partial charge in [-0.1, -0.05) is 129 Å². The predicted octanol–water partition coefficient (Wildman–Crippen LogP) is 15.1. The van der Waals surface area contributed by atoms with Crippen molar-refractivity contribution < 1.29 is 18.8 Å². The zero-order valence-corrected chi connectivity index (χ0v) is 54.2. The van der Waals surface area contributed by atoms with E-state index < -0.39 is 11.1 Å². The summed E-state index contributed by atoms with van der Waals surface area (Å²) >= 11 is 0. The van der Waals surface area contributed by atoms with Crippen LogP contribution >= 0.6 is 0 Å². The third-order valence-electron chi connectivity index (χ3n) is 15.7. The number of Topliss-reactive ketones (excluding diaryl/α,β-unsaturated/α-hetero) is 1. The fourth-order valence-electron chi connectivity index (χ4n) is 12.1. The van der Waals surface area contributed by atoms with Crippen molar-refractivity contribution in [2.45, 2.75) is 264 Å². The van der Waals surface area contributed by atoms with Gasteiger partial charge in [0.1, 0.15) is 11.3 Å². The molecule has 3 heterocycles. The molecule has 8 rings (SSSR count). The number of rotatable bonds is 4. The number of oxime groups is 1. The van der Waals surface area contributed by atoms with Crippen LogP contribution in [0.1, 0.15) is 245 Å². The molecule has 13 heteroatoms. The second-order valence-electron chi connectivity index (χ2n) is 31.8. The first-order valence-corrected chi connectivity index (χ1v) is 29.6. The number of hydrogen-bond donors (Lipinski definition) is 0. The number of nitrogens with zero attached hydrogens (tertiary/aromatic N) is 9. The Labute approximate surface area is 473 Å². The lowest BCUT2D eigenvalue weighted by molar-refractivity contribution is -0.140. The summed E-state index contributed by atoms with van der Waals surface area (Å²) < 4.78 is 25.8. The number of likely N-dealkylation sites (N-methyl/N-ethyl adjacent to an activating group) is 2. The zero-order valence-electron chi connectivity index (χ0n) is 54.2.